The van der Waals surface area contributed by atoms with Crippen molar-refractivity contribution in [2.75, 3.05) is 52.2 Å². The van der Waals surface area contributed by atoms with Gasteiger partial charge in [-0.3, -0.25) is 9.89 Å². The molecule has 26 heavy (non-hydrogen) atoms. The summed E-state index contributed by atoms with van der Waals surface area (Å²) in [4.78, 5) is 10.1. The van der Waals surface area contributed by atoms with E-state index in [0.717, 1.165) is 51.9 Å². The summed E-state index contributed by atoms with van der Waals surface area (Å²) in [6.07, 6.45) is 2.14. The highest BCUT2D eigenvalue weighted by atomic mass is 32.2. The van der Waals surface area contributed by atoms with Crippen LogP contribution in [0.3, 0.4) is 0 Å². The summed E-state index contributed by atoms with van der Waals surface area (Å²) >= 11 is 3.74. The van der Waals surface area contributed by atoms with E-state index < -0.39 is 0 Å². The third-order valence-corrected chi connectivity index (χ3v) is 6.89. The summed E-state index contributed by atoms with van der Waals surface area (Å²) in [5, 5.41) is 6.96. The maximum Gasteiger partial charge on any atom is 0.191 e. The zero-order valence-electron chi connectivity index (χ0n) is 16.8. The van der Waals surface area contributed by atoms with E-state index in [1.54, 1.807) is 0 Å². The van der Waals surface area contributed by atoms with Gasteiger partial charge in [-0.05, 0) is 46.1 Å². The first-order valence-electron chi connectivity index (χ1n) is 9.40. The second kappa shape index (κ2) is 10.5. The number of aliphatic imine (C=N–C) groups is 1. The molecule has 2 rings (SSSR count). The van der Waals surface area contributed by atoms with Gasteiger partial charge < -0.3 is 15.4 Å². The number of rotatable bonds is 8. The highest BCUT2D eigenvalue weighted by molar-refractivity contribution is 7.99. The molecular weight excluding hydrogens is 364 g/mol. The van der Waals surface area contributed by atoms with E-state index in [9.17, 15) is 0 Å². The molecule has 7 heteroatoms. The predicted octanol–water partition coefficient (Wildman–Crippen LogP) is 3.13. The minimum Gasteiger partial charge on any atom is -0.379 e. The molecule has 148 valence electrons. The van der Waals surface area contributed by atoms with Gasteiger partial charge in [-0.25, -0.2) is 0 Å². The molecular formula is C19H34N4OS2. The molecule has 5 nitrogen and oxygen atoms in total. The summed E-state index contributed by atoms with van der Waals surface area (Å²) in [7, 11) is 0. The number of nitrogens with one attached hydrogen (secondary N) is 2. The average molecular weight is 399 g/mol. The van der Waals surface area contributed by atoms with E-state index in [2.05, 4.69) is 61.6 Å². The first-order valence-corrected chi connectivity index (χ1v) is 11.4. The monoisotopic (exact) mass is 398 g/mol. The van der Waals surface area contributed by atoms with Crippen molar-refractivity contribution in [1.82, 2.24) is 15.5 Å². The van der Waals surface area contributed by atoms with Crippen LogP contribution in [-0.4, -0.2) is 67.8 Å². The van der Waals surface area contributed by atoms with Crippen molar-refractivity contribution >= 4 is 29.1 Å². The van der Waals surface area contributed by atoms with Gasteiger partial charge in [0.2, 0.25) is 0 Å². The Bertz CT molecular complexity index is 568. The molecule has 0 aromatic carbocycles. The fourth-order valence-corrected chi connectivity index (χ4v) is 4.01. The lowest BCUT2D eigenvalue weighted by atomic mass is 10.2. The van der Waals surface area contributed by atoms with Gasteiger partial charge in [0.1, 0.15) is 0 Å². The standard InChI is InChI=1S/C19H34N4OS2/c1-6-20-18(22-14-19(3,4)25-5)21-13-16(17-8-7-15(2)26-17)23-9-11-24-12-10-23/h7-8,16H,6,9-14H2,1-5H3,(H2,20,21,22). The highest BCUT2D eigenvalue weighted by Crippen LogP contribution is 2.28. The molecule has 1 fully saturated rings. The molecule has 0 bridgehead atoms. The number of morpholine rings is 1. The van der Waals surface area contributed by atoms with Gasteiger partial charge in [-0.2, -0.15) is 11.8 Å². The Morgan fingerprint density at radius 3 is 2.65 bits per heavy atom. The average Bonchev–Trinajstić information content (AvgIpc) is 3.07. The molecule has 1 aliphatic rings. The van der Waals surface area contributed by atoms with E-state index >= 15 is 0 Å². The third kappa shape index (κ3) is 6.76. The Morgan fingerprint density at radius 2 is 2.08 bits per heavy atom. The number of hydrogen-bond donors (Lipinski definition) is 2. The van der Waals surface area contributed by atoms with Gasteiger partial charge in [-0.1, -0.05) is 0 Å². The SMILES string of the molecule is CCNC(=NCC(C)(C)SC)NCC(c1ccc(C)s1)N1CCOCC1. The molecule has 1 atom stereocenters. The van der Waals surface area contributed by atoms with Crippen molar-refractivity contribution < 1.29 is 4.74 Å². The lowest BCUT2D eigenvalue weighted by Crippen LogP contribution is -2.46. The minimum absolute atomic E-state index is 0.150. The van der Waals surface area contributed by atoms with E-state index in [-0.39, 0.29) is 4.75 Å². The molecule has 1 aliphatic heterocycles. The van der Waals surface area contributed by atoms with Crippen LogP contribution in [0.5, 0.6) is 0 Å². The Labute approximate surface area is 167 Å². The first kappa shape index (κ1) is 21.5. The van der Waals surface area contributed by atoms with E-state index in [0.29, 0.717) is 6.04 Å². The van der Waals surface area contributed by atoms with Crippen LogP contribution in [0.15, 0.2) is 17.1 Å². The number of ether oxygens (including phenoxy) is 1. The van der Waals surface area contributed by atoms with Crippen molar-refractivity contribution in [1.29, 1.82) is 0 Å². The fraction of sp³-hybridized carbons (Fsp3) is 0.737. The first-order chi connectivity index (χ1) is 12.4. The zero-order valence-corrected chi connectivity index (χ0v) is 18.4. The van der Waals surface area contributed by atoms with Crippen molar-refractivity contribution in [2.24, 2.45) is 4.99 Å². The molecule has 1 saturated heterocycles. The van der Waals surface area contributed by atoms with Crippen LogP contribution in [0.2, 0.25) is 0 Å². The summed E-state index contributed by atoms with van der Waals surface area (Å²) < 4.78 is 5.70. The normalized spacial score (nSPS) is 18.0. The van der Waals surface area contributed by atoms with Crippen LogP contribution < -0.4 is 10.6 Å². The number of hydrogen-bond acceptors (Lipinski definition) is 5. The smallest absolute Gasteiger partial charge is 0.191 e. The second-order valence-electron chi connectivity index (χ2n) is 7.15. The Hall–Kier alpha value is -0.760. The van der Waals surface area contributed by atoms with E-state index in [4.69, 9.17) is 9.73 Å². The maximum absolute atomic E-state index is 5.55. The molecule has 1 aromatic heterocycles. The summed E-state index contributed by atoms with van der Waals surface area (Å²) in [6, 6.07) is 4.84. The van der Waals surface area contributed by atoms with Gasteiger partial charge in [0.25, 0.3) is 0 Å². The van der Waals surface area contributed by atoms with Gasteiger partial charge in [0, 0.05) is 40.7 Å². The lowest BCUT2D eigenvalue weighted by molar-refractivity contribution is 0.0177. The molecule has 0 saturated carbocycles. The van der Waals surface area contributed by atoms with Crippen LogP contribution in [-0.2, 0) is 4.74 Å². The molecule has 0 radical (unpaired) electrons. The van der Waals surface area contributed by atoms with Gasteiger partial charge in [0.05, 0.1) is 25.8 Å². The van der Waals surface area contributed by atoms with E-state index in [1.165, 1.54) is 9.75 Å². The quantitative estimate of drug-likeness (QED) is 0.520. The number of nitrogens with zero attached hydrogens (tertiary/aromatic N) is 2. The number of thioether (sulfide) groups is 1. The molecule has 1 unspecified atom stereocenters. The van der Waals surface area contributed by atoms with Crippen molar-refractivity contribution in [2.45, 2.75) is 38.5 Å². The van der Waals surface area contributed by atoms with Gasteiger partial charge in [0.15, 0.2) is 5.96 Å². The van der Waals surface area contributed by atoms with Crippen LogP contribution in [0.1, 0.15) is 36.6 Å². The fourth-order valence-electron chi connectivity index (χ4n) is 2.80. The Kier molecular flexibility index (Phi) is 8.73. The van der Waals surface area contributed by atoms with Crippen LogP contribution in [0.25, 0.3) is 0 Å². The summed E-state index contributed by atoms with van der Waals surface area (Å²) in [5.74, 6) is 0.904. The molecule has 0 aliphatic carbocycles. The van der Waals surface area contributed by atoms with Crippen molar-refractivity contribution in [3.8, 4) is 0 Å². The third-order valence-electron chi connectivity index (χ3n) is 4.55. The molecule has 2 N–H and O–H groups in total. The van der Waals surface area contributed by atoms with E-state index in [1.807, 2.05) is 23.1 Å². The number of thiophene rings is 1. The largest absolute Gasteiger partial charge is 0.379 e. The minimum atomic E-state index is 0.150. The zero-order chi connectivity index (χ0) is 19.0. The van der Waals surface area contributed by atoms with Crippen LogP contribution in [0, 0.1) is 6.92 Å². The summed E-state index contributed by atoms with van der Waals surface area (Å²) in [5.41, 5.74) is 0. The van der Waals surface area contributed by atoms with Crippen LogP contribution >= 0.6 is 23.1 Å². The van der Waals surface area contributed by atoms with Crippen molar-refractivity contribution in [3.63, 3.8) is 0 Å². The Balaban J connectivity index is 2.06. The molecule has 0 amide bonds. The van der Waals surface area contributed by atoms with Crippen molar-refractivity contribution in [3.05, 3.63) is 21.9 Å². The lowest BCUT2D eigenvalue weighted by Gasteiger charge is -2.34. The number of aryl methyl sites for hydroxylation is 1. The highest BCUT2D eigenvalue weighted by Gasteiger charge is 2.24. The summed E-state index contributed by atoms with van der Waals surface area (Å²) in [6.45, 7) is 14.9. The number of guanidine groups is 1. The maximum atomic E-state index is 5.55. The second-order valence-corrected chi connectivity index (χ2v) is 9.99. The molecule has 0 spiro atoms. The molecule has 2 heterocycles. The van der Waals surface area contributed by atoms with Crippen LogP contribution in [0.4, 0.5) is 0 Å². The molecule has 1 aromatic rings. The van der Waals surface area contributed by atoms with Gasteiger partial charge >= 0.3 is 0 Å². The van der Waals surface area contributed by atoms with Gasteiger partial charge in [-0.15, -0.1) is 11.3 Å². The predicted molar refractivity (Wildman–Crippen MR) is 116 cm³/mol. The topological polar surface area (TPSA) is 48.9 Å². The Morgan fingerprint density at radius 1 is 1.35 bits per heavy atom.